The Kier molecular flexibility index (Phi) is 6.33. The largest absolute Gasteiger partial charge is 0.390 e. The van der Waals surface area contributed by atoms with Gasteiger partial charge in [-0.05, 0) is 25.7 Å². The third kappa shape index (κ3) is 3.56. The first-order valence-electron chi connectivity index (χ1n) is 5.24. The molecule has 14 heavy (non-hydrogen) atoms. The number of hydrogen-bond donors (Lipinski definition) is 1. The number of aliphatic hydroxyl groups is 1. The van der Waals surface area contributed by atoms with E-state index < -0.39 is 11.7 Å². The maximum atomic E-state index is 10.1. The van der Waals surface area contributed by atoms with Crippen LogP contribution in [0.4, 0.5) is 0 Å². The van der Waals surface area contributed by atoms with Gasteiger partial charge in [-0.2, -0.15) is 0 Å². The lowest BCUT2D eigenvalue weighted by molar-refractivity contribution is -0.115. The summed E-state index contributed by atoms with van der Waals surface area (Å²) >= 11 is 0. The van der Waals surface area contributed by atoms with Crippen LogP contribution in [0.2, 0.25) is 0 Å². The van der Waals surface area contributed by atoms with E-state index in [-0.39, 0.29) is 5.92 Å². The highest BCUT2D eigenvalue weighted by atomic mass is 16.5. The Bertz CT molecular complexity index is 143. The van der Waals surface area contributed by atoms with E-state index in [2.05, 4.69) is 0 Å². The zero-order valence-corrected chi connectivity index (χ0v) is 10.0. The molecule has 0 saturated carbocycles. The van der Waals surface area contributed by atoms with Crippen LogP contribution in [-0.2, 0) is 9.47 Å². The van der Waals surface area contributed by atoms with Crippen LogP contribution >= 0.6 is 0 Å². The van der Waals surface area contributed by atoms with E-state index in [0.29, 0.717) is 6.61 Å². The van der Waals surface area contributed by atoms with E-state index in [1.807, 2.05) is 20.8 Å². The van der Waals surface area contributed by atoms with Crippen molar-refractivity contribution in [2.75, 3.05) is 20.8 Å². The zero-order valence-electron chi connectivity index (χ0n) is 10.0. The number of ether oxygens (including phenoxy) is 2. The highest BCUT2D eigenvalue weighted by molar-refractivity contribution is 4.85. The molecule has 0 aliphatic rings. The van der Waals surface area contributed by atoms with Crippen LogP contribution < -0.4 is 0 Å². The topological polar surface area (TPSA) is 38.7 Å². The van der Waals surface area contributed by atoms with Gasteiger partial charge in [-0.3, -0.25) is 0 Å². The summed E-state index contributed by atoms with van der Waals surface area (Å²) < 4.78 is 10.3. The van der Waals surface area contributed by atoms with E-state index >= 15 is 0 Å². The quantitative estimate of drug-likeness (QED) is 0.687. The van der Waals surface area contributed by atoms with E-state index in [9.17, 15) is 5.11 Å². The van der Waals surface area contributed by atoms with Crippen molar-refractivity contribution in [1.82, 2.24) is 0 Å². The average molecular weight is 204 g/mol. The SMILES string of the molecule is CCC(C)(OC)C(O)C(C)CCOC. The van der Waals surface area contributed by atoms with Crippen molar-refractivity contribution >= 4 is 0 Å². The fourth-order valence-electron chi connectivity index (χ4n) is 1.54. The number of aliphatic hydroxyl groups excluding tert-OH is 1. The summed E-state index contributed by atoms with van der Waals surface area (Å²) in [5.41, 5.74) is -0.437. The minimum Gasteiger partial charge on any atom is -0.390 e. The molecule has 0 fully saturated rings. The zero-order chi connectivity index (χ0) is 11.2. The molecule has 0 aromatic carbocycles. The lowest BCUT2D eigenvalue weighted by Gasteiger charge is -2.35. The standard InChI is InChI=1S/C11H24O3/c1-6-11(3,14-5)10(12)9(2)7-8-13-4/h9-10,12H,6-8H2,1-5H3. The molecule has 86 valence electrons. The molecule has 0 spiro atoms. The molecule has 0 radical (unpaired) electrons. The van der Waals surface area contributed by atoms with Crippen molar-refractivity contribution in [1.29, 1.82) is 0 Å². The summed E-state index contributed by atoms with van der Waals surface area (Å²) in [4.78, 5) is 0. The van der Waals surface area contributed by atoms with Gasteiger partial charge >= 0.3 is 0 Å². The van der Waals surface area contributed by atoms with Gasteiger partial charge in [0.2, 0.25) is 0 Å². The minimum absolute atomic E-state index is 0.194. The third-order valence-corrected chi connectivity index (χ3v) is 3.11. The predicted molar refractivity (Wildman–Crippen MR) is 57.4 cm³/mol. The Morgan fingerprint density at radius 1 is 1.36 bits per heavy atom. The van der Waals surface area contributed by atoms with Crippen LogP contribution in [0.5, 0.6) is 0 Å². The van der Waals surface area contributed by atoms with Crippen molar-refractivity contribution in [2.24, 2.45) is 5.92 Å². The van der Waals surface area contributed by atoms with E-state index in [1.54, 1.807) is 14.2 Å². The summed E-state index contributed by atoms with van der Waals surface area (Å²) in [6, 6.07) is 0. The van der Waals surface area contributed by atoms with Gasteiger partial charge in [-0.1, -0.05) is 13.8 Å². The highest BCUT2D eigenvalue weighted by Gasteiger charge is 2.34. The summed E-state index contributed by atoms with van der Waals surface area (Å²) in [7, 11) is 3.32. The van der Waals surface area contributed by atoms with Crippen LogP contribution in [0.3, 0.4) is 0 Å². The van der Waals surface area contributed by atoms with Crippen molar-refractivity contribution in [3.05, 3.63) is 0 Å². The monoisotopic (exact) mass is 204 g/mol. The molecule has 1 N–H and O–H groups in total. The molecule has 0 bridgehead atoms. The van der Waals surface area contributed by atoms with Crippen molar-refractivity contribution in [3.63, 3.8) is 0 Å². The summed E-state index contributed by atoms with van der Waals surface area (Å²) in [5, 5.41) is 10.1. The smallest absolute Gasteiger partial charge is 0.0908 e. The Morgan fingerprint density at radius 2 is 1.93 bits per heavy atom. The molecule has 0 rings (SSSR count). The summed E-state index contributed by atoms with van der Waals surface area (Å²) in [6.07, 6.45) is 1.23. The molecule has 0 heterocycles. The molecule has 3 atom stereocenters. The van der Waals surface area contributed by atoms with Crippen LogP contribution in [0.25, 0.3) is 0 Å². The average Bonchev–Trinajstić information content (AvgIpc) is 2.23. The maximum Gasteiger partial charge on any atom is 0.0908 e. The van der Waals surface area contributed by atoms with Gasteiger partial charge in [-0.25, -0.2) is 0 Å². The Labute approximate surface area is 87.4 Å². The normalized spacial score (nSPS) is 20.1. The highest BCUT2D eigenvalue weighted by Crippen LogP contribution is 2.26. The van der Waals surface area contributed by atoms with E-state index in [0.717, 1.165) is 12.8 Å². The van der Waals surface area contributed by atoms with Crippen molar-refractivity contribution in [2.45, 2.75) is 45.3 Å². The minimum atomic E-state index is -0.437. The van der Waals surface area contributed by atoms with Crippen LogP contribution in [0, 0.1) is 5.92 Å². The molecule has 0 aliphatic carbocycles. The number of rotatable bonds is 7. The molecule has 0 aliphatic heterocycles. The van der Waals surface area contributed by atoms with Gasteiger partial charge < -0.3 is 14.6 Å². The first kappa shape index (κ1) is 13.9. The third-order valence-electron chi connectivity index (χ3n) is 3.11. The lowest BCUT2D eigenvalue weighted by Crippen LogP contribution is -2.44. The second kappa shape index (κ2) is 6.38. The first-order valence-corrected chi connectivity index (χ1v) is 5.24. The van der Waals surface area contributed by atoms with Gasteiger partial charge in [0.25, 0.3) is 0 Å². The second-order valence-electron chi connectivity index (χ2n) is 4.07. The van der Waals surface area contributed by atoms with E-state index in [4.69, 9.17) is 9.47 Å². The molecular weight excluding hydrogens is 180 g/mol. The second-order valence-corrected chi connectivity index (χ2v) is 4.07. The van der Waals surface area contributed by atoms with Crippen molar-refractivity contribution < 1.29 is 14.6 Å². The number of hydrogen-bond acceptors (Lipinski definition) is 3. The Morgan fingerprint density at radius 3 is 2.29 bits per heavy atom. The first-order chi connectivity index (χ1) is 6.51. The van der Waals surface area contributed by atoms with Crippen LogP contribution in [0.1, 0.15) is 33.6 Å². The lowest BCUT2D eigenvalue weighted by atomic mass is 9.85. The molecule has 0 saturated heterocycles. The molecule has 3 heteroatoms. The molecule has 0 aromatic heterocycles. The van der Waals surface area contributed by atoms with Gasteiger partial charge in [0, 0.05) is 20.8 Å². The fourth-order valence-corrected chi connectivity index (χ4v) is 1.54. The predicted octanol–water partition coefficient (Wildman–Crippen LogP) is 1.83. The molecular formula is C11H24O3. The van der Waals surface area contributed by atoms with Crippen molar-refractivity contribution in [3.8, 4) is 0 Å². The number of methoxy groups -OCH3 is 2. The Balaban J connectivity index is 4.19. The summed E-state index contributed by atoms with van der Waals surface area (Å²) in [5.74, 6) is 0.194. The van der Waals surface area contributed by atoms with Gasteiger partial charge in [0.05, 0.1) is 11.7 Å². The molecule has 0 amide bonds. The molecule has 0 aromatic rings. The van der Waals surface area contributed by atoms with E-state index in [1.165, 1.54) is 0 Å². The Hall–Kier alpha value is -0.120. The fraction of sp³-hybridized carbons (Fsp3) is 1.00. The summed E-state index contributed by atoms with van der Waals surface area (Å²) in [6.45, 7) is 6.68. The molecule has 3 unspecified atom stereocenters. The van der Waals surface area contributed by atoms with Gasteiger partial charge in [-0.15, -0.1) is 0 Å². The van der Waals surface area contributed by atoms with Gasteiger partial charge in [0.15, 0.2) is 0 Å². The van der Waals surface area contributed by atoms with Crippen LogP contribution in [0.15, 0.2) is 0 Å². The van der Waals surface area contributed by atoms with Crippen LogP contribution in [-0.4, -0.2) is 37.6 Å². The molecule has 3 nitrogen and oxygen atoms in total. The maximum absolute atomic E-state index is 10.1. The van der Waals surface area contributed by atoms with Gasteiger partial charge in [0.1, 0.15) is 0 Å².